The number of carbonyl (C=O) groups is 3. The van der Waals surface area contributed by atoms with Gasteiger partial charge < -0.3 is 10.0 Å². The van der Waals surface area contributed by atoms with Gasteiger partial charge in [0.2, 0.25) is 5.91 Å². The molecule has 1 amide bonds. The Balaban J connectivity index is 1.81. The van der Waals surface area contributed by atoms with E-state index >= 15 is 0 Å². The topological polar surface area (TPSA) is 74.7 Å². The molecule has 2 aliphatic rings. The quantitative estimate of drug-likeness (QED) is 0.805. The maximum absolute atomic E-state index is 13.0. The van der Waals surface area contributed by atoms with E-state index in [-0.39, 0.29) is 16.9 Å². The van der Waals surface area contributed by atoms with Crippen LogP contribution in [0.3, 0.4) is 0 Å². The molecule has 0 spiro atoms. The second-order valence-electron chi connectivity index (χ2n) is 8.09. The van der Waals surface area contributed by atoms with Crippen LogP contribution in [-0.2, 0) is 27.3 Å². The van der Waals surface area contributed by atoms with Gasteiger partial charge in [-0.15, -0.1) is 0 Å². The number of carboxylic acids is 1. The molecule has 0 saturated heterocycles. The van der Waals surface area contributed by atoms with E-state index in [1.165, 1.54) is 49.5 Å². The highest BCUT2D eigenvalue weighted by molar-refractivity contribution is 8.13. The molecular formula is C22H29NO4S. The Morgan fingerprint density at radius 2 is 1.89 bits per heavy atom. The van der Waals surface area contributed by atoms with Crippen LogP contribution in [0.15, 0.2) is 18.2 Å². The van der Waals surface area contributed by atoms with Gasteiger partial charge in [0.1, 0.15) is 6.04 Å². The fourth-order valence-electron chi connectivity index (χ4n) is 4.34. The van der Waals surface area contributed by atoms with Gasteiger partial charge in [-0.2, -0.15) is 0 Å². The predicted octanol–water partition coefficient (Wildman–Crippen LogP) is 3.99. The Bertz CT molecular complexity index is 757. The normalized spacial score (nSPS) is 21.1. The lowest BCUT2D eigenvalue weighted by atomic mass is 9.82. The number of aliphatic carboxylic acids is 1. The van der Waals surface area contributed by atoms with Crippen LogP contribution in [0, 0.1) is 5.92 Å². The van der Waals surface area contributed by atoms with Crippen molar-refractivity contribution in [1.29, 1.82) is 0 Å². The number of nitrogens with zero attached hydrogens (tertiary/aromatic N) is 1. The molecule has 1 aromatic carbocycles. The van der Waals surface area contributed by atoms with Gasteiger partial charge in [-0.25, -0.2) is 4.79 Å². The van der Waals surface area contributed by atoms with Crippen LogP contribution < -0.4 is 0 Å². The first-order valence-electron chi connectivity index (χ1n) is 10.1. The van der Waals surface area contributed by atoms with Crippen molar-refractivity contribution in [2.75, 3.05) is 5.75 Å². The molecule has 2 atom stereocenters. The lowest BCUT2D eigenvalue weighted by Crippen LogP contribution is -2.50. The summed E-state index contributed by atoms with van der Waals surface area (Å²) in [6.07, 6.45) is 6.59. The van der Waals surface area contributed by atoms with E-state index in [2.05, 4.69) is 18.2 Å². The summed E-state index contributed by atoms with van der Waals surface area (Å²) in [5.41, 5.74) is 3.42. The minimum absolute atomic E-state index is 0.0319. The van der Waals surface area contributed by atoms with E-state index < -0.39 is 12.0 Å². The minimum Gasteiger partial charge on any atom is -0.480 e. The number of hydrogen-bond donors (Lipinski definition) is 1. The summed E-state index contributed by atoms with van der Waals surface area (Å²) in [6.45, 7) is 3.58. The molecule has 1 aliphatic heterocycles. The molecule has 1 N–H and O–H groups in total. The van der Waals surface area contributed by atoms with Crippen molar-refractivity contribution in [3.05, 3.63) is 34.9 Å². The third-order valence-electron chi connectivity index (χ3n) is 5.96. The molecule has 1 fully saturated rings. The maximum atomic E-state index is 13.0. The summed E-state index contributed by atoms with van der Waals surface area (Å²) in [4.78, 5) is 37.5. The van der Waals surface area contributed by atoms with Crippen LogP contribution in [0.25, 0.3) is 0 Å². The average molecular weight is 404 g/mol. The lowest BCUT2D eigenvalue weighted by Gasteiger charge is -2.36. The highest BCUT2D eigenvalue weighted by Gasteiger charge is 2.36. The Labute approximate surface area is 170 Å². The molecule has 5 nitrogen and oxygen atoms in total. The zero-order chi connectivity index (χ0) is 20.3. The molecule has 6 heteroatoms. The summed E-state index contributed by atoms with van der Waals surface area (Å²) < 4.78 is 0. The molecule has 0 aromatic heterocycles. The maximum Gasteiger partial charge on any atom is 0.326 e. The molecule has 1 aliphatic carbocycles. The van der Waals surface area contributed by atoms with Crippen LogP contribution in [0.2, 0.25) is 0 Å². The molecule has 1 heterocycles. The van der Waals surface area contributed by atoms with Gasteiger partial charge in [0.05, 0.1) is 0 Å². The molecule has 1 saturated carbocycles. The zero-order valence-electron chi connectivity index (χ0n) is 16.6. The summed E-state index contributed by atoms with van der Waals surface area (Å²) in [6, 6.07) is 5.56. The molecule has 28 heavy (non-hydrogen) atoms. The van der Waals surface area contributed by atoms with Crippen molar-refractivity contribution in [2.45, 2.75) is 70.9 Å². The van der Waals surface area contributed by atoms with Gasteiger partial charge in [-0.1, -0.05) is 56.1 Å². The Hall–Kier alpha value is -1.82. The number of benzene rings is 1. The van der Waals surface area contributed by atoms with Gasteiger partial charge in [-0.3, -0.25) is 9.59 Å². The molecule has 152 valence electrons. The van der Waals surface area contributed by atoms with Gasteiger partial charge in [-0.05, 0) is 35.4 Å². The van der Waals surface area contributed by atoms with Crippen molar-refractivity contribution in [3.63, 3.8) is 0 Å². The van der Waals surface area contributed by atoms with E-state index in [1.807, 2.05) is 0 Å². The monoisotopic (exact) mass is 403 g/mol. The van der Waals surface area contributed by atoms with Crippen LogP contribution >= 0.6 is 11.8 Å². The summed E-state index contributed by atoms with van der Waals surface area (Å²) >= 11 is 1.11. The standard InChI is InChI=1S/C22H29NO4S/c1-14(13-28-15(2)24)21(25)23-12-19-10-17(16-6-4-3-5-7-16)8-9-18(19)11-20(23)22(26)27/h8-10,14,16,20H,3-7,11-13H2,1-2H3,(H,26,27). The van der Waals surface area contributed by atoms with Crippen LogP contribution in [0.4, 0.5) is 0 Å². The first-order valence-corrected chi connectivity index (χ1v) is 11.1. The number of amides is 1. The van der Waals surface area contributed by atoms with E-state index in [1.54, 1.807) is 6.92 Å². The van der Waals surface area contributed by atoms with E-state index in [9.17, 15) is 19.5 Å². The van der Waals surface area contributed by atoms with Crippen molar-refractivity contribution < 1.29 is 19.5 Å². The molecule has 1 aromatic rings. The van der Waals surface area contributed by atoms with Crippen molar-refractivity contribution in [1.82, 2.24) is 4.90 Å². The van der Waals surface area contributed by atoms with Gasteiger partial charge >= 0.3 is 5.97 Å². The Morgan fingerprint density at radius 1 is 1.18 bits per heavy atom. The van der Waals surface area contributed by atoms with Crippen molar-refractivity contribution >= 4 is 28.8 Å². The average Bonchev–Trinajstić information content (AvgIpc) is 2.70. The smallest absolute Gasteiger partial charge is 0.326 e. The summed E-state index contributed by atoms with van der Waals surface area (Å²) in [5.74, 6) is -0.590. The first kappa shape index (κ1) is 20.9. The highest BCUT2D eigenvalue weighted by Crippen LogP contribution is 2.35. The van der Waals surface area contributed by atoms with Gasteiger partial charge in [0, 0.05) is 31.6 Å². The van der Waals surface area contributed by atoms with Crippen LogP contribution in [0.5, 0.6) is 0 Å². The minimum atomic E-state index is -0.971. The van der Waals surface area contributed by atoms with E-state index in [4.69, 9.17) is 0 Å². The number of rotatable bonds is 5. The zero-order valence-corrected chi connectivity index (χ0v) is 17.5. The van der Waals surface area contributed by atoms with Crippen molar-refractivity contribution in [3.8, 4) is 0 Å². The Kier molecular flexibility index (Phi) is 6.81. The van der Waals surface area contributed by atoms with Crippen molar-refractivity contribution in [2.24, 2.45) is 5.92 Å². The number of carboxylic acid groups (broad SMARTS) is 1. The second kappa shape index (κ2) is 9.12. The molecule has 3 rings (SSSR count). The molecule has 0 bridgehead atoms. The fourth-order valence-corrected chi connectivity index (χ4v) is 4.97. The SMILES string of the molecule is CC(=O)SCC(C)C(=O)N1Cc2cc(C3CCCCC3)ccc2CC1C(=O)O. The van der Waals surface area contributed by atoms with E-state index in [0.29, 0.717) is 24.6 Å². The fraction of sp³-hybridized carbons (Fsp3) is 0.591. The Morgan fingerprint density at radius 3 is 2.54 bits per heavy atom. The predicted molar refractivity (Wildman–Crippen MR) is 110 cm³/mol. The summed E-state index contributed by atoms with van der Waals surface area (Å²) in [7, 11) is 0. The van der Waals surface area contributed by atoms with Crippen LogP contribution in [0.1, 0.15) is 68.6 Å². The highest BCUT2D eigenvalue weighted by atomic mass is 32.2. The largest absolute Gasteiger partial charge is 0.480 e. The second-order valence-corrected chi connectivity index (χ2v) is 9.29. The van der Waals surface area contributed by atoms with E-state index in [0.717, 1.165) is 22.9 Å². The van der Waals surface area contributed by atoms with Gasteiger partial charge in [0.25, 0.3) is 0 Å². The third kappa shape index (κ3) is 4.77. The number of carbonyl (C=O) groups excluding carboxylic acids is 2. The number of thioether (sulfide) groups is 1. The number of fused-ring (bicyclic) bond motifs is 1. The molecular weight excluding hydrogens is 374 g/mol. The first-order chi connectivity index (χ1) is 13.4. The van der Waals surface area contributed by atoms with Crippen LogP contribution in [-0.4, -0.2) is 38.8 Å². The van der Waals surface area contributed by atoms with Gasteiger partial charge in [0.15, 0.2) is 5.12 Å². The number of hydrogen-bond acceptors (Lipinski definition) is 4. The summed E-state index contributed by atoms with van der Waals surface area (Å²) in [5, 5.41) is 9.66. The lowest BCUT2D eigenvalue weighted by molar-refractivity contribution is -0.152. The molecule has 0 radical (unpaired) electrons. The third-order valence-corrected chi connectivity index (χ3v) is 7.04. The molecule has 2 unspecified atom stereocenters.